The molecule has 0 saturated heterocycles. The molecule has 0 bridgehead atoms. The van der Waals surface area contributed by atoms with E-state index in [1.807, 2.05) is 13.8 Å². The van der Waals surface area contributed by atoms with Crippen molar-refractivity contribution in [1.82, 2.24) is 14.9 Å². The van der Waals surface area contributed by atoms with Crippen molar-refractivity contribution in [2.75, 3.05) is 19.0 Å². The highest BCUT2D eigenvalue weighted by Gasteiger charge is 2.15. The number of primary amides is 1. The summed E-state index contributed by atoms with van der Waals surface area (Å²) in [5.74, 6) is 6.39. The standard InChI is InChI=1S/C12H18N6OS/c1-6-7(2)20-12-10(6)11(17-14)15-9(16-12)5-18(3)4-8(13)19/h4-5,14H2,1-3H3,(H2,13,19)(H,15,16,17). The number of nitrogens with two attached hydrogens (primary N) is 2. The number of likely N-dealkylation sites (N-methyl/N-ethyl adjacent to an activating group) is 1. The zero-order valence-corrected chi connectivity index (χ0v) is 12.5. The van der Waals surface area contributed by atoms with Crippen molar-refractivity contribution in [2.45, 2.75) is 20.4 Å². The Balaban J connectivity index is 2.38. The fourth-order valence-electron chi connectivity index (χ4n) is 2.03. The molecule has 5 N–H and O–H groups in total. The number of carbonyl (C=O) groups is 1. The van der Waals surface area contributed by atoms with Gasteiger partial charge in [0.2, 0.25) is 5.91 Å². The van der Waals surface area contributed by atoms with Crippen molar-refractivity contribution in [3.05, 3.63) is 16.3 Å². The van der Waals surface area contributed by atoms with E-state index in [0.717, 1.165) is 15.8 Å². The molecule has 0 saturated carbocycles. The summed E-state index contributed by atoms with van der Waals surface area (Å²) < 4.78 is 0. The number of nitrogens with zero attached hydrogens (tertiary/aromatic N) is 3. The number of hydrogen-bond donors (Lipinski definition) is 3. The first-order valence-corrected chi connectivity index (χ1v) is 6.94. The van der Waals surface area contributed by atoms with Crippen molar-refractivity contribution >= 4 is 33.3 Å². The van der Waals surface area contributed by atoms with Crippen molar-refractivity contribution in [3.63, 3.8) is 0 Å². The molecule has 1 amide bonds. The number of anilines is 1. The number of carbonyl (C=O) groups excluding carboxylic acids is 1. The fourth-order valence-corrected chi connectivity index (χ4v) is 3.08. The lowest BCUT2D eigenvalue weighted by Crippen LogP contribution is -2.30. The topological polar surface area (TPSA) is 110 Å². The molecule has 0 radical (unpaired) electrons. The molecule has 0 aliphatic rings. The molecule has 0 aromatic carbocycles. The highest BCUT2D eigenvalue weighted by Crippen LogP contribution is 2.32. The smallest absolute Gasteiger partial charge is 0.231 e. The van der Waals surface area contributed by atoms with Crippen LogP contribution in [0.4, 0.5) is 5.82 Å². The first kappa shape index (κ1) is 14.6. The SMILES string of the molecule is Cc1sc2nc(CN(C)CC(N)=O)nc(NN)c2c1C. The van der Waals surface area contributed by atoms with Gasteiger partial charge in [-0.3, -0.25) is 9.69 Å². The highest BCUT2D eigenvalue weighted by atomic mass is 32.1. The number of fused-ring (bicyclic) bond motifs is 1. The van der Waals surface area contributed by atoms with E-state index in [4.69, 9.17) is 11.6 Å². The molecule has 0 aliphatic heterocycles. The van der Waals surface area contributed by atoms with E-state index in [-0.39, 0.29) is 12.5 Å². The van der Waals surface area contributed by atoms with Gasteiger partial charge in [-0.05, 0) is 26.5 Å². The monoisotopic (exact) mass is 294 g/mol. The number of rotatable bonds is 5. The summed E-state index contributed by atoms with van der Waals surface area (Å²) in [6.07, 6.45) is 0. The van der Waals surface area contributed by atoms with Gasteiger partial charge in [0, 0.05) is 4.88 Å². The van der Waals surface area contributed by atoms with Crippen molar-refractivity contribution in [3.8, 4) is 0 Å². The second-order valence-corrected chi connectivity index (χ2v) is 5.94. The number of aromatic nitrogens is 2. The van der Waals surface area contributed by atoms with Gasteiger partial charge >= 0.3 is 0 Å². The maximum atomic E-state index is 10.9. The van der Waals surface area contributed by atoms with E-state index < -0.39 is 0 Å². The molecule has 2 aromatic rings. The largest absolute Gasteiger partial charge is 0.369 e. The van der Waals surface area contributed by atoms with Gasteiger partial charge in [-0.2, -0.15) is 0 Å². The average molecular weight is 294 g/mol. The van der Waals surface area contributed by atoms with Crippen LogP contribution in [0, 0.1) is 13.8 Å². The molecule has 2 aromatic heterocycles. The van der Waals surface area contributed by atoms with E-state index in [9.17, 15) is 4.79 Å². The highest BCUT2D eigenvalue weighted by molar-refractivity contribution is 7.18. The Morgan fingerprint density at radius 1 is 1.40 bits per heavy atom. The van der Waals surface area contributed by atoms with E-state index in [2.05, 4.69) is 15.4 Å². The summed E-state index contributed by atoms with van der Waals surface area (Å²) in [6.45, 7) is 4.66. The Morgan fingerprint density at radius 3 is 2.70 bits per heavy atom. The lowest BCUT2D eigenvalue weighted by atomic mass is 10.2. The normalized spacial score (nSPS) is 11.2. The summed E-state index contributed by atoms with van der Waals surface area (Å²) in [7, 11) is 1.79. The van der Waals surface area contributed by atoms with E-state index in [0.29, 0.717) is 18.2 Å². The number of aryl methyl sites for hydroxylation is 2. The third-order valence-corrected chi connectivity index (χ3v) is 4.15. The van der Waals surface area contributed by atoms with Gasteiger partial charge in [-0.25, -0.2) is 15.8 Å². The van der Waals surface area contributed by atoms with Crippen LogP contribution in [0.2, 0.25) is 0 Å². The zero-order chi connectivity index (χ0) is 14.9. The predicted molar refractivity (Wildman–Crippen MR) is 80.2 cm³/mol. The predicted octanol–water partition coefficient (Wildman–Crippen LogP) is 0.511. The Morgan fingerprint density at radius 2 is 2.10 bits per heavy atom. The number of hydrogen-bond acceptors (Lipinski definition) is 7. The first-order chi connectivity index (χ1) is 9.42. The van der Waals surface area contributed by atoms with Crippen LogP contribution in [0.15, 0.2) is 0 Å². The van der Waals surface area contributed by atoms with Gasteiger partial charge in [0.05, 0.1) is 18.5 Å². The minimum Gasteiger partial charge on any atom is -0.369 e. The van der Waals surface area contributed by atoms with Crippen molar-refractivity contribution < 1.29 is 4.79 Å². The Labute approximate surface area is 121 Å². The van der Waals surface area contributed by atoms with Crippen LogP contribution in [-0.2, 0) is 11.3 Å². The number of nitrogen functional groups attached to an aromatic ring is 1. The van der Waals surface area contributed by atoms with Gasteiger partial charge in [-0.1, -0.05) is 0 Å². The summed E-state index contributed by atoms with van der Waals surface area (Å²) in [5, 5.41) is 0.955. The third kappa shape index (κ3) is 2.87. The van der Waals surface area contributed by atoms with Crippen LogP contribution >= 0.6 is 11.3 Å². The van der Waals surface area contributed by atoms with E-state index >= 15 is 0 Å². The van der Waals surface area contributed by atoms with Crippen LogP contribution in [0.5, 0.6) is 0 Å². The molecule has 108 valence electrons. The number of amides is 1. The fraction of sp³-hybridized carbons (Fsp3) is 0.417. The maximum Gasteiger partial charge on any atom is 0.231 e. The minimum atomic E-state index is -0.381. The lowest BCUT2D eigenvalue weighted by Gasteiger charge is -2.14. The molecular weight excluding hydrogens is 276 g/mol. The number of nitrogens with one attached hydrogen (secondary N) is 1. The molecule has 0 fully saturated rings. The molecule has 2 rings (SSSR count). The Kier molecular flexibility index (Phi) is 4.17. The molecule has 0 atom stereocenters. The summed E-state index contributed by atoms with van der Waals surface area (Å²) >= 11 is 1.61. The van der Waals surface area contributed by atoms with Gasteiger partial charge in [-0.15, -0.1) is 11.3 Å². The maximum absolute atomic E-state index is 10.9. The van der Waals surface area contributed by atoms with Crippen molar-refractivity contribution in [2.24, 2.45) is 11.6 Å². The molecule has 2 heterocycles. The zero-order valence-electron chi connectivity index (χ0n) is 11.7. The van der Waals surface area contributed by atoms with E-state index in [1.54, 1.807) is 23.3 Å². The Bertz CT molecular complexity index is 653. The van der Waals surface area contributed by atoms with E-state index in [1.165, 1.54) is 4.88 Å². The van der Waals surface area contributed by atoms with Crippen LogP contribution in [0.1, 0.15) is 16.3 Å². The molecule has 20 heavy (non-hydrogen) atoms. The summed E-state index contributed by atoms with van der Waals surface area (Å²) in [6, 6.07) is 0. The second kappa shape index (κ2) is 5.70. The number of hydrazine groups is 1. The molecule has 7 nitrogen and oxygen atoms in total. The molecule has 0 aliphatic carbocycles. The van der Waals surface area contributed by atoms with Crippen LogP contribution in [-0.4, -0.2) is 34.4 Å². The van der Waals surface area contributed by atoms with Crippen molar-refractivity contribution in [1.29, 1.82) is 0 Å². The summed E-state index contributed by atoms with van der Waals surface area (Å²) in [5.41, 5.74) is 8.92. The summed E-state index contributed by atoms with van der Waals surface area (Å²) in [4.78, 5) is 23.7. The molecule has 8 heteroatoms. The molecule has 0 unspecified atom stereocenters. The molecular formula is C12H18N6OS. The lowest BCUT2D eigenvalue weighted by molar-refractivity contribution is -0.118. The Hall–Kier alpha value is -1.77. The van der Waals surface area contributed by atoms with Crippen LogP contribution in [0.25, 0.3) is 10.2 Å². The first-order valence-electron chi connectivity index (χ1n) is 6.12. The molecule has 0 spiro atoms. The number of thiophene rings is 1. The quantitative estimate of drug-likeness (QED) is 0.547. The van der Waals surface area contributed by atoms with Gasteiger partial charge < -0.3 is 11.2 Å². The van der Waals surface area contributed by atoms with Gasteiger partial charge in [0.25, 0.3) is 0 Å². The van der Waals surface area contributed by atoms with Gasteiger partial charge in [0.15, 0.2) is 5.82 Å². The van der Waals surface area contributed by atoms with Crippen LogP contribution in [0.3, 0.4) is 0 Å². The van der Waals surface area contributed by atoms with Crippen LogP contribution < -0.4 is 17.0 Å². The average Bonchev–Trinajstić information content (AvgIpc) is 2.63. The minimum absolute atomic E-state index is 0.162. The third-order valence-electron chi connectivity index (χ3n) is 3.05. The second-order valence-electron chi connectivity index (χ2n) is 4.73. The van der Waals surface area contributed by atoms with Gasteiger partial charge in [0.1, 0.15) is 10.7 Å².